The Hall–Kier alpha value is -5.86. The number of morpholine rings is 1. The second-order valence-corrected chi connectivity index (χ2v) is 15.1. The van der Waals surface area contributed by atoms with Gasteiger partial charge in [-0.2, -0.15) is 22.7 Å². The van der Waals surface area contributed by atoms with E-state index in [0.717, 1.165) is 51.2 Å². The van der Waals surface area contributed by atoms with Crippen LogP contribution in [0, 0.1) is 6.92 Å². The van der Waals surface area contributed by atoms with Gasteiger partial charge in [0, 0.05) is 44.8 Å². The van der Waals surface area contributed by atoms with E-state index >= 15 is 0 Å². The molecule has 6 heterocycles. The minimum Gasteiger partial charge on any atom is -0.504 e. The molecular formula is C37H35ClF3N11O5S. The smallest absolute Gasteiger partial charge is 0.416 e. The van der Waals surface area contributed by atoms with Gasteiger partial charge in [0.15, 0.2) is 22.4 Å². The summed E-state index contributed by atoms with van der Waals surface area (Å²) in [6.07, 6.45) is -3.16. The summed E-state index contributed by atoms with van der Waals surface area (Å²) in [6.45, 7) is 6.44. The summed E-state index contributed by atoms with van der Waals surface area (Å²) < 4.78 is 49.0. The molecule has 21 heteroatoms. The van der Waals surface area contributed by atoms with Crippen molar-refractivity contribution in [3.05, 3.63) is 80.7 Å². The van der Waals surface area contributed by atoms with Crippen LogP contribution in [0.25, 0.3) is 27.4 Å². The van der Waals surface area contributed by atoms with Gasteiger partial charge in [0.1, 0.15) is 18.6 Å². The molecule has 0 saturated carbocycles. The van der Waals surface area contributed by atoms with E-state index in [-0.39, 0.29) is 77.7 Å². The van der Waals surface area contributed by atoms with E-state index in [2.05, 4.69) is 25.3 Å². The second kappa shape index (κ2) is 15.5. The largest absolute Gasteiger partial charge is 0.504 e. The number of rotatable bonds is 8. The Kier molecular flexibility index (Phi) is 10.4. The number of aromatic hydroxyl groups is 1. The number of nitrogens with one attached hydrogen (secondary N) is 1. The van der Waals surface area contributed by atoms with Crippen molar-refractivity contribution in [3.8, 4) is 17.1 Å². The van der Waals surface area contributed by atoms with Gasteiger partial charge in [-0.15, -0.1) is 5.10 Å². The normalized spacial score (nSPS) is 15.1. The van der Waals surface area contributed by atoms with Crippen LogP contribution in [0.5, 0.6) is 5.75 Å². The van der Waals surface area contributed by atoms with Crippen molar-refractivity contribution in [1.82, 2.24) is 39.0 Å². The highest BCUT2D eigenvalue weighted by Gasteiger charge is 2.32. The van der Waals surface area contributed by atoms with Crippen molar-refractivity contribution in [2.45, 2.75) is 33.0 Å². The summed E-state index contributed by atoms with van der Waals surface area (Å²) in [7, 11) is 0. The molecular weight excluding hydrogens is 803 g/mol. The fourth-order valence-corrected chi connectivity index (χ4v) is 8.31. The third kappa shape index (κ3) is 7.37. The van der Waals surface area contributed by atoms with Crippen molar-refractivity contribution in [3.63, 3.8) is 0 Å². The molecule has 58 heavy (non-hydrogen) atoms. The molecule has 302 valence electrons. The zero-order valence-electron chi connectivity index (χ0n) is 31.1. The van der Waals surface area contributed by atoms with E-state index in [1.54, 1.807) is 11.5 Å². The van der Waals surface area contributed by atoms with Crippen LogP contribution in [0.2, 0.25) is 5.02 Å². The molecule has 0 bridgehead atoms. The molecule has 2 aliphatic rings. The van der Waals surface area contributed by atoms with Crippen LogP contribution in [0.15, 0.2) is 47.5 Å². The van der Waals surface area contributed by atoms with E-state index in [4.69, 9.17) is 26.3 Å². The van der Waals surface area contributed by atoms with Gasteiger partial charge < -0.3 is 34.4 Å². The number of fused-ring (bicyclic) bond motifs is 2. The topological polar surface area (TPSA) is 176 Å². The number of amides is 2. The average Bonchev–Trinajstić information content (AvgIpc) is 3.86. The van der Waals surface area contributed by atoms with Crippen molar-refractivity contribution >= 4 is 67.3 Å². The first-order chi connectivity index (χ1) is 27.8. The highest BCUT2D eigenvalue weighted by atomic mass is 35.5. The summed E-state index contributed by atoms with van der Waals surface area (Å²) in [5.41, 5.74) is 0.733. The van der Waals surface area contributed by atoms with Crippen molar-refractivity contribution in [1.29, 1.82) is 0 Å². The Bertz CT molecular complexity index is 2640. The molecule has 8 rings (SSSR count). The highest BCUT2D eigenvalue weighted by Crippen LogP contribution is 2.35. The first-order valence-corrected chi connectivity index (χ1v) is 19.5. The van der Waals surface area contributed by atoms with E-state index in [1.165, 1.54) is 22.6 Å². The van der Waals surface area contributed by atoms with E-state index in [9.17, 15) is 32.7 Å². The van der Waals surface area contributed by atoms with Gasteiger partial charge in [0.05, 0.1) is 51.1 Å². The number of carbonyl (C=O) groups is 2. The standard InChI is InChI=1S/C37H35ClF3N11O5S/c1-3-26-30(48-8-10-49(11-9-48)33(55)29-31(54)20(2)42-19-43-29)34(56)52-35(51(26)18-28(53)44-24-7-5-22(17-23(24)38)37(39,40)41)46-32(47-52)21-4-6-25-27(16-21)58-36(45-25)50-12-14-57-15-13-50/h4-7,16-17,19,54H,3,8-15,18H2,1-2H3,(H,44,53). The number of ether oxygens (including phenoxy) is 1. The minimum absolute atomic E-state index is 0.0304. The monoisotopic (exact) mass is 837 g/mol. The molecule has 0 radical (unpaired) electrons. The van der Waals surface area contributed by atoms with Gasteiger partial charge in [-0.05, 0) is 49.7 Å². The number of halogens is 4. The number of alkyl halides is 3. The van der Waals surface area contributed by atoms with Crippen LogP contribution in [0.1, 0.15) is 34.4 Å². The first kappa shape index (κ1) is 39.0. The van der Waals surface area contributed by atoms with E-state index in [1.807, 2.05) is 30.0 Å². The minimum atomic E-state index is -4.63. The third-order valence-corrected chi connectivity index (χ3v) is 11.4. The Balaban J connectivity index is 1.16. The summed E-state index contributed by atoms with van der Waals surface area (Å²) in [4.78, 5) is 64.5. The molecule has 0 atom stereocenters. The Labute approximate surface area is 336 Å². The lowest BCUT2D eigenvalue weighted by Gasteiger charge is -2.36. The summed E-state index contributed by atoms with van der Waals surface area (Å²) in [5, 5.41) is 18.3. The molecule has 2 N–H and O–H groups in total. The molecule has 4 aromatic heterocycles. The number of carbonyl (C=O) groups excluding carboxylic acids is 2. The number of nitrogens with zero attached hydrogens (tertiary/aromatic N) is 10. The summed E-state index contributed by atoms with van der Waals surface area (Å²) >= 11 is 7.69. The number of aromatic nitrogens is 7. The number of anilines is 3. The third-order valence-electron chi connectivity index (χ3n) is 10.0. The Morgan fingerprint density at radius 3 is 2.47 bits per heavy atom. The van der Waals surface area contributed by atoms with Crippen molar-refractivity contribution < 1.29 is 32.6 Å². The second-order valence-electron chi connectivity index (χ2n) is 13.6. The molecule has 0 unspecified atom stereocenters. The summed E-state index contributed by atoms with van der Waals surface area (Å²) in [5.74, 6) is -1.15. The number of piperazine rings is 1. The molecule has 2 amide bonds. The predicted octanol–water partition coefficient (Wildman–Crippen LogP) is 4.64. The molecule has 6 aromatic rings. The number of hydrogen-bond acceptors (Lipinski definition) is 13. The maximum atomic E-state index is 14.5. The Morgan fingerprint density at radius 1 is 1.00 bits per heavy atom. The van der Waals surface area contributed by atoms with E-state index in [0.29, 0.717) is 24.5 Å². The number of aryl methyl sites for hydroxylation is 1. The van der Waals surface area contributed by atoms with Crippen LogP contribution >= 0.6 is 22.9 Å². The Morgan fingerprint density at radius 2 is 1.76 bits per heavy atom. The lowest BCUT2D eigenvalue weighted by molar-refractivity contribution is -0.137. The van der Waals surface area contributed by atoms with Crippen LogP contribution < -0.4 is 20.7 Å². The van der Waals surface area contributed by atoms with Crippen LogP contribution in [-0.2, 0) is 28.7 Å². The quantitative estimate of drug-likeness (QED) is 0.218. The van der Waals surface area contributed by atoms with Gasteiger partial charge in [0.25, 0.3) is 11.5 Å². The molecule has 16 nitrogen and oxygen atoms in total. The first-order valence-electron chi connectivity index (χ1n) is 18.3. The number of benzene rings is 2. The molecule has 2 saturated heterocycles. The lowest BCUT2D eigenvalue weighted by Crippen LogP contribution is -2.51. The van der Waals surface area contributed by atoms with Gasteiger partial charge in [-0.25, -0.2) is 15.0 Å². The van der Waals surface area contributed by atoms with Gasteiger partial charge >= 0.3 is 6.18 Å². The fraction of sp³-hybridized carbons (Fsp3) is 0.351. The number of thiazole rings is 1. The zero-order chi connectivity index (χ0) is 40.9. The number of hydrogen-bond donors (Lipinski definition) is 2. The van der Waals surface area contributed by atoms with Gasteiger partial charge in [-0.1, -0.05) is 29.9 Å². The summed E-state index contributed by atoms with van der Waals surface area (Å²) in [6, 6.07) is 8.19. The maximum Gasteiger partial charge on any atom is 0.416 e. The lowest BCUT2D eigenvalue weighted by atomic mass is 10.2. The van der Waals surface area contributed by atoms with Crippen LogP contribution in [0.4, 0.5) is 29.7 Å². The SMILES string of the molecule is CCc1c(N2CCN(C(=O)c3ncnc(C)c3O)CC2)c(=O)n2nc(-c3ccc4nc(N5CCOCC5)sc4c3)nc2n1CC(=O)Nc1ccc(C(F)(F)F)cc1Cl. The molecule has 2 aliphatic heterocycles. The zero-order valence-corrected chi connectivity index (χ0v) is 32.7. The van der Waals surface area contributed by atoms with Crippen molar-refractivity contribution in [2.75, 3.05) is 67.6 Å². The molecule has 2 fully saturated rings. The predicted molar refractivity (Wildman–Crippen MR) is 210 cm³/mol. The average molecular weight is 838 g/mol. The highest BCUT2D eigenvalue weighted by molar-refractivity contribution is 7.22. The molecule has 0 spiro atoms. The van der Waals surface area contributed by atoms with Gasteiger partial charge in [0.2, 0.25) is 11.7 Å². The van der Waals surface area contributed by atoms with E-state index < -0.39 is 35.7 Å². The van der Waals surface area contributed by atoms with Crippen LogP contribution in [0.3, 0.4) is 0 Å². The fourth-order valence-electron chi connectivity index (χ4n) is 7.03. The molecule has 0 aliphatic carbocycles. The maximum absolute atomic E-state index is 14.5. The van der Waals surface area contributed by atoms with Gasteiger partial charge in [-0.3, -0.25) is 14.4 Å². The van der Waals surface area contributed by atoms with Crippen molar-refractivity contribution in [2.24, 2.45) is 0 Å². The van der Waals surface area contributed by atoms with Crippen LogP contribution in [-0.4, -0.2) is 108 Å². The molecule has 2 aromatic carbocycles.